The molecule has 1 heterocycles. The first-order valence-corrected chi connectivity index (χ1v) is 4.47. The number of nitriles is 1. The molecule has 0 unspecified atom stereocenters. The number of esters is 1. The fourth-order valence-corrected chi connectivity index (χ4v) is 1.54. The van der Waals surface area contributed by atoms with Gasteiger partial charge in [0.25, 0.3) is 0 Å². The van der Waals surface area contributed by atoms with E-state index >= 15 is 0 Å². The van der Waals surface area contributed by atoms with Gasteiger partial charge in [-0.3, -0.25) is 0 Å². The van der Waals surface area contributed by atoms with E-state index in [-0.39, 0.29) is 5.56 Å². The summed E-state index contributed by atoms with van der Waals surface area (Å²) in [4.78, 5) is 11.6. The minimum Gasteiger partial charge on any atom is -0.462 e. The van der Waals surface area contributed by atoms with Gasteiger partial charge in [-0.1, -0.05) is 0 Å². The Morgan fingerprint density at radius 3 is 3.00 bits per heavy atom. The zero-order valence-corrected chi connectivity index (χ0v) is 7.85. The lowest BCUT2D eigenvalue weighted by molar-refractivity contribution is 0.0528. The van der Waals surface area contributed by atoms with E-state index in [0.29, 0.717) is 16.5 Å². The van der Waals surface area contributed by atoms with Crippen LogP contribution in [0.5, 0.6) is 0 Å². The number of rotatable bonds is 2. The van der Waals surface area contributed by atoms with Gasteiger partial charge in [0.2, 0.25) is 0 Å². The van der Waals surface area contributed by atoms with Gasteiger partial charge in [0.15, 0.2) is 0 Å². The largest absolute Gasteiger partial charge is 0.462 e. The topological polar surface area (TPSA) is 76.1 Å². The fourth-order valence-electron chi connectivity index (χ4n) is 0.829. The van der Waals surface area contributed by atoms with Crippen molar-refractivity contribution in [3.63, 3.8) is 0 Å². The van der Waals surface area contributed by atoms with Crippen LogP contribution < -0.4 is 5.73 Å². The van der Waals surface area contributed by atoms with E-state index in [4.69, 9.17) is 15.7 Å². The Balaban J connectivity index is 2.95. The van der Waals surface area contributed by atoms with E-state index in [2.05, 4.69) is 0 Å². The van der Waals surface area contributed by atoms with Gasteiger partial charge in [-0.2, -0.15) is 5.26 Å². The summed E-state index contributed by atoms with van der Waals surface area (Å²) in [5, 5.41) is 8.87. The molecule has 0 amide bonds. The molecule has 0 spiro atoms. The predicted octanol–water partition coefficient (Wildman–Crippen LogP) is 1.38. The third kappa shape index (κ3) is 1.98. The normalized spacial score (nSPS) is 9.23. The molecule has 0 atom stereocenters. The Morgan fingerprint density at radius 2 is 2.54 bits per heavy atom. The Morgan fingerprint density at radius 1 is 1.85 bits per heavy atom. The molecule has 0 fully saturated rings. The van der Waals surface area contributed by atoms with Gasteiger partial charge in [-0.25, -0.2) is 4.79 Å². The molecule has 0 aromatic carbocycles. The first-order chi connectivity index (χ1) is 6.19. The van der Waals surface area contributed by atoms with Gasteiger partial charge >= 0.3 is 5.97 Å². The van der Waals surface area contributed by atoms with E-state index in [1.807, 2.05) is 6.07 Å². The van der Waals surface area contributed by atoms with Crippen LogP contribution in [0.15, 0.2) is 6.07 Å². The SMILES string of the molecule is CCOC(=O)c1cc(C#N)sc1N. The highest BCUT2D eigenvalue weighted by Crippen LogP contribution is 2.24. The van der Waals surface area contributed by atoms with Crippen LogP contribution in [0.1, 0.15) is 22.2 Å². The highest BCUT2D eigenvalue weighted by molar-refractivity contribution is 7.16. The predicted molar refractivity (Wildman–Crippen MR) is 49.4 cm³/mol. The molecule has 0 aliphatic heterocycles. The quantitative estimate of drug-likeness (QED) is 0.725. The van der Waals surface area contributed by atoms with Gasteiger partial charge in [-0.05, 0) is 13.0 Å². The molecule has 0 aliphatic rings. The minimum absolute atomic E-state index is 0.281. The van der Waals surface area contributed by atoms with Crippen LogP contribution in [0.2, 0.25) is 0 Å². The molecular weight excluding hydrogens is 188 g/mol. The number of thiophene rings is 1. The van der Waals surface area contributed by atoms with Gasteiger partial charge in [-0.15, -0.1) is 11.3 Å². The number of nitrogens with two attached hydrogens (primary N) is 1. The van der Waals surface area contributed by atoms with Crippen molar-refractivity contribution in [2.75, 3.05) is 12.3 Å². The summed E-state index contributed by atoms with van der Waals surface area (Å²) < 4.78 is 4.74. The second-order valence-corrected chi connectivity index (χ2v) is 3.30. The number of anilines is 1. The van der Waals surface area contributed by atoms with Crippen LogP contribution in [0, 0.1) is 11.3 Å². The Labute approximate surface area is 79.5 Å². The number of nitrogens with zero attached hydrogens (tertiary/aromatic N) is 1. The molecule has 0 bridgehead atoms. The molecule has 0 radical (unpaired) electrons. The van der Waals surface area contributed by atoms with Crippen molar-refractivity contribution in [1.29, 1.82) is 5.26 Å². The van der Waals surface area contributed by atoms with Crippen molar-refractivity contribution < 1.29 is 9.53 Å². The summed E-state index contributed by atoms with van der Waals surface area (Å²) in [5.41, 5.74) is 5.80. The molecule has 2 N–H and O–H groups in total. The fraction of sp³-hybridized carbons (Fsp3) is 0.250. The van der Waals surface area contributed by atoms with Crippen molar-refractivity contribution >= 4 is 22.3 Å². The Hall–Kier alpha value is -1.54. The Kier molecular flexibility index (Phi) is 2.88. The second kappa shape index (κ2) is 3.92. The molecule has 0 saturated heterocycles. The molecule has 1 rings (SSSR count). The molecule has 0 saturated carbocycles. The lowest BCUT2D eigenvalue weighted by Crippen LogP contribution is -2.05. The highest BCUT2D eigenvalue weighted by atomic mass is 32.1. The molecule has 1 aromatic rings. The molecule has 4 nitrogen and oxygen atoms in total. The molecule has 1 aromatic heterocycles. The number of carbonyl (C=O) groups is 1. The number of nitrogen functional groups attached to an aromatic ring is 1. The average Bonchev–Trinajstić information content (AvgIpc) is 2.47. The maximum absolute atomic E-state index is 11.2. The summed E-state index contributed by atoms with van der Waals surface area (Å²) in [6, 6.07) is 3.36. The lowest BCUT2D eigenvalue weighted by Gasteiger charge is -1.98. The van der Waals surface area contributed by atoms with Gasteiger partial charge < -0.3 is 10.5 Å². The summed E-state index contributed by atoms with van der Waals surface area (Å²) in [6.45, 7) is 2.02. The highest BCUT2D eigenvalue weighted by Gasteiger charge is 2.14. The number of ether oxygens (including phenoxy) is 1. The molecule has 0 aliphatic carbocycles. The van der Waals surface area contributed by atoms with Gasteiger partial charge in [0, 0.05) is 0 Å². The monoisotopic (exact) mass is 196 g/mol. The van der Waals surface area contributed by atoms with Crippen LogP contribution >= 0.6 is 11.3 Å². The average molecular weight is 196 g/mol. The number of hydrogen-bond donors (Lipinski definition) is 1. The molecule has 68 valence electrons. The zero-order chi connectivity index (χ0) is 9.84. The lowest BCUT2D eigenvalue weighted by atomic mass is 10.3. The summed E-state index contributed by atoms with van der Waals surface area (Å²) >= 11 is 1.08. The van der Waals surface area contributed by atoms with E-state index in [0.717, 1.165) is 11.3 Å². The molecule has 5 heteroatoms. The van der Waals surface area contributed by atoms with Crippen molar-refractivity contribution in [2.45, 2.75) is 6.92 Å². The van der Waals surface area contributed by atoms with Crippen LogP contribution in [0.25, 0.3) is 0 Å². The maximum Gasteiger partial charge on any atom is 0.341 e. The second-order valence-electron chi connectivity index (χ2n) is 2.22. The van der Waals surface area contributed by atoms with Crippen LogP contribution in [0.4, 0.5) is 5.00 Å². The van der Waals surface area contributed by atoms with Gasteiger partial charge in [0.05, 0.1) is 12.2 Å². The smallest absolute Gasteiger partial charge is 0.341 e. The van der Waals surface area contributed by atoms with Crippen LogP contribution in [0.3, 0.4) is 0 Å². The Bertz CT molecular complexity index is 365. The van der Waals surface area contributed by atoms with Crippen molar-refractivity contribution in [2.24, 2.45) is 0 Å². The first kappa shape index (κ1) is 9.55. The third-order valence-corrected chi connectivity index (χ3v) is 2.24. The molecular formula is C8H8N2O2S. The number of carbonyl (C=O) groups excluding carboxylic acids is 1. The van der Waals surface area contributed by atoms with E-state index in [9.17, 15) is 4.79 Å². The van der Waals surface area contributed by atoms with Crippen LogP contribution in [-0.4, -0.2) is 12.6 Å². The van der Waals surface area contributed by atoms with Crippen LogP contribution in [-0.2, 0) is 4.74 Å². The van der Waals surface area contributed by atoms with E-state index in [1.165, 1.54) is 6.07 Å². The molecule has 13 heavy (non-hydrogen) atoms. The van der Waals surface area contributed by atoms with Crippen molar-refractivity contribution in [1.82, 2.24) is 0 Å². The summed E-state index contributed by atoms with van der Waals surface area (Å²) in [5.74, 6) is -0.474. The minimum atomic E-state index is -0.474. The van der Waals surface area contributed by atoms with E-state index < -0.39 is 5.97 Å². The third-order valence-electron chi connectivity index (χ3n) is 1.37. The summed E-state index contributed by atoms with van der Waals surface area (Å²) in [6.07, 6.45) is 0. The standard InChI is InChI=1S/C8H8N2O2S/c1-2-12-8(11)6-3-5(4-9)13-7(6)10/h3H,2,10H2,1H3. The van der Waals surface area contributed by atoms with Gasteiger partial charge in [0.1, 0.15) is 15.9 Å². The van der Waals surface area contributed by atoms with Crippen molar-refractivity contribution in [3.8, 4) is 6.07 Å². The van der Waals surface area contributed by atoms with E-state index in [1.54, 1.807) is 6.92 Å². The summed E-state index contributed by atoms with van der Waals surface area (Å²) in [7, 11) is 0. The number of hydrogen-bond acceptors (Lipinski definition) is 5. The maximum atomic E-state index is 11.2. The first-order valence-electron chi connectivity index (χ1n) is 3.65. The van der Waals surface area contributed by atoms with Crippen molar-refractivity contribution in [3.05, 3.63) is 16.5 Å². The zero-order valence-electron chi connectivity index (χ0n) is 7.03.